The van der Waals surface area contributed by atoms with Gasteiger partial charge in [0.1, 0.15) is 32.2 Å². The summed E-state index contributed by atoms with van der Waals surface area (Å²) in [6, 6.07) is 15.1. The Hall–Kier alpha value is -3.68. The Labute approximate surface area is 176 Å². The van der Waals surface area contributed by atoms with E-state index in [9.17, 15) is 4.79 Å². The van der Waals surface area contributed by atoms with Gasteiger partial charge in [-0.1, -0.05) is 69.6 Å². The Bertz CT molecular complexity index is 950. The molecular weight excluding hydrogens is 384 g/mol. The number of nitrogens with zero attached hydrogens (tertiary/aromatic N) is 3. The van der Waals surface area contributed by atoms with E-state index in [2.05, 4.69) is 20.8 Å². The lowest BCUT2D eigenvalue weighted by atomic mass is 10.0. The third kappa shape index (κ3) is 5.91. The number of hydrogen-bond acceptors (Lipinski definition) is 7. The Morgan fingerprint density at radius 2 is 1.57 bits per heavy atom. The van der Waals surface area contributed by atoms with Gasteiger partial charge in [-0.25, -0.2) is 0 Å². The van der Waals surface area contributed by atoms with E-state index in [0.29, 0.717) is 17.0 Å². The van der Waals surface area contributed by atoms with Crippen LogP contribution in [0.5, 0.6) is 0 Å². The summed E-state index contributed by atoms with van der Waals surface area (Å²) < 4.78 is 0. The van der Waals surface area contributed by atoms with E-state index in [0.717, 1.165) is 16.7 Å². The fraction of sp³-hybridized carbons (Fsp3) is 0.273. The predicted octanol–water partition coefficient (Wildman–Crippen LogP) is 3.03. The molecule has 8 nitrogen and oxygen atoms in total. The molecule has 0 atom stereocenters. The number of nitrogens with one attached hydrogen (secondary N) is 1. The van der Waals surface area contributed by atoms with Gasteiger partial charge in [0.15, 0.2) is 5.71 Å². The summed E-state index contributed by atoms with van der Waals surface area (Å²) in [5.41, 5.74) is 4.60. The smallest absolute Gasteiger partial charge is 0.273 e. The van der Waals surface area contributed by atoms with Gasteiger partial charge in [0, 0.05) is 23.7 Å². The van der Waals surface area contributed by atoms with Crippen molar-refractivity contribution in [2.24, 2.45) is 15.5 Å². The van der Waals surface area contributed by atoms with Gasteiger partial charge in [0.05, 0.1) is 0 Å². The van der Waals surface area contributed by atoms with Crippen LogP contribution >= 0.6 is 0 Å². The molecule has 0 unspecified atom stereocenters. The zero-order valence-corrected chi connectivity index (χ0v) is 17.8. The van der Waals surface area contributed by atoms with Crippen LogP contribution in [0.25, 0.3) is 0 Å². The molecule has 0 aliphatic rings. The lowest BCUT2D eigenvalue weighted by Gasteiger charge is -2.10. The summed E-state index contributed by atoms with van der Waals surface area (Å²) in [4.78, 5) is 27.5. The van der Waals surface area contributed by atoms with Gasteiger partial charge < -0.3 is 19.8 Å². The van der Waals surface area contributed by atoms with Crippen molar-refractivity contribution in [1.82, 2.24) is 5.32 Å². The molecular formula is C22H26N4O4. The first-order valence-electron chi connectivity index (χ1n) is 9.28. The third-order valence-electron chi connectivity index (χ3n) is 4.17. The van der Waals surface area contributed by atoms with Crippen LogP contribution in [0.3, 0.4) is 0 Å². The number of benzene rings is 2. The van der Waals surface area contributed by atoms with E-state index in [4.69, 9.17) is 14.5 Å². The summed E-state index contributed by atoms with van der Waals surface area (Å²) in [5.74, 6) is -0.363. The van der Waals surface area contributed by atoms with Gasteiger partial charge in [-0.05, 0) is 13.8 Å². The highest BCUT2D eigenvalue weighted by Gasteiger charge is 2.17. The number of amides is 1. The lowest BCUT2D eigenvalue weighted by Crippen LogP contribution is -2.29. The Morgan fingerprint density at radius 3 is 2.20 bits per heavy atom. The first kappa shape index (κ1) is 22.6. The van der Waals surface area contributed by atoms with Crippen molar-refractivity contribution in [3.8, 4) is 0 Å². The highest BCUT2D eigenvalue weighted by Crippen LogP contribution is 2.13. The van der Waals surface area contributed by atoms with Gasteiger partial charge in [0.25, 0.3) is 5.91 Å². The van der Waals surface area contributed by atoms with Gasteiger partial charge in [-0.15, -0.1) is 0 Å². The molecule has 0 heterocycles. The zero-order chi connectivity index (χ0) is 21.9. The van der Waals surface area contributed by atoms with Gasteiger partial charge in [-0.3, -0.25) is 4.79 Å². The van der Waals surface area contributed by atoms with Crippen LogP contribution in [0.1, 0.15) is 29.2 Å². The summed E-state index contributed by atoms with van der Waals surface area (Å²) >= 11 is 0. The number of hydrogen-bond donors (Lipinski definition) is 1. The topological polar surface area (TPSA) is 93.9 Å². The summed E-state index contributed by atoms with van der Waals surface area (Å²) in [6.45, 7) is 3.92. The van der Waals surface area contributed by atoms with Crippen molar-refractivity contribution in [3.63, 3.8) is 0 Å². The fourth-order valence-electron chi connectivity index (χ4n) is 2.67. The van der Waals surface area contributed by atoms with Crippen LogP contribution in [-0.2, 0) is 25.9 Å². The van der Waals surface area contributed by atoms with Crippen LogP contribution in [-0.4, -0.2) is 44.3 Å². The molecule has 0 radical (unpaired) electrons. The minimum atomic E-state index is -0.363. The maximum atomic E-state index is 12.2. The maximum Gasteiger partial charge on any atom is 0.273 e. The predicted molar refractivity (Wildman–Crippen MR) is 117 cm³/mol. The van der Waals surface area contributed by atoms with Crippen molar-refractivity contribution in [2.45, 2.75) is 20.5 Å². The van der Waals surface area contributed by atoms with Crippen molar-refractivity contribution >= 4 is 23.0 Å². The molecule has 0 saturated carbocycles. The average molecular weight is 410 g/mol. The van der Waals surface area contributed by atoms with Gasteiger partial charge >= 0.3 is 0 Å². The van der Waals surface area contributed by atoms with Crippen LogP contribution in [0, 0.1) is 6.92 Å². The molecule has 0 aliphatic heterocycles. The van der Waals surface area contributed by atoms with Crippen LogP contribution in [0.4, 0.5) is 0 Å². The molecule has 2 rings (SSSR count). The molecule has 0 aliphatic carbocycles. The quantitative estimate of drug-likeness (QED) is 0.508. The van der Waals surface area contributed by atoms with Crippen LogP contribution < -0.4 is 5.32 Å². The lowest BCUT2D eigenvalue weighted by molar-refractivity contribution is -0.114. The molecule has 0 bridgehead atoms. The Balaban J connectivity index is 2.23. The molecule has 0 saturated heterocycles. The summed E-state index contributed by atoms with van der Waals surface area (Å²) in [5, 5.41) is 14.7. The molecule has 30 heavy (non-hydrogen) atoms. The minimum Gasteiger partial charge on any atom is -0.399 e. The van der Waals surface area contributed by atoms with Crippen molar-refractivity contribution < 1.29 is 19.3 Å². The van der Waals surface area contributed by atoms with Crippen LogP contribution in [0.2, 0.25) is 0 Å². The number of likely N-dealkylation sites (N-methyl/N-ethyl adjacent to an activating group) is 1. The molecule has 0 fully saturated rings. The van der Waals surface area contributed by atoms with E-state index in [1.165, 1.54) is 21.3 Å². The molecule has 1 amide bonds. The average Bonchev–Trinajstić information content (AvgIpc) is 2.76. The third-order valence-corrected chi connectivity index (χ3v) is 4.17. The molecule has 8 heteroatoms. The largest absolute Gasteiger partial charge is 0.399 e. The SMILES string of the molecule is CNC(=O)/C(=N/OC)c1ccccc1CO/N=C(C)/C(=N/OC)c1ccc(C)cc1. The second-order valence-electron chi connectivity index (χ2n) is 6.30. The number of aryl methyl sites for hydroxylation is 1. The Kier molecular flexibility index (Phi) is 8.56. The maximum absolute atomic E-state index is 12.2. The summed E-state index contributed by atoms with van der Waals surface area (Å²) in [6.07, 6.45) is 0. The molecule has 0 aromatic heterocycles. The van der Waals surface area contributed by atoms with Crippen LogP contribution in [0.15, 0.2) is 64.0 Å². The van der Waals surface area contributed by atoms with Crippen molar-refractivity contribution in [3.05, 3.63) is 70.8 Å². The second-order valence-corrected chi connectivity index (χ2v) is 6.30. The Morgan fingerprint density at radius 1 is 0.933 bits per heavy atom. The zero-order valence-electron chi connectivity index (χ0n) is 17.8. The van der Waals surface area contributed by atoms with E-state index < -0.39 is 0 Å². The monoisotopic (exact) mass is 410 g/mol. The normalized spacial score (nSPS) is 12.4. The number of oxime groups is 3. The molecule has 1 N–H and O–H groups in total. The van der Waals surface area contributed by atoms with E-state index in [-0.39, 0.29) is 18.2 Å². The number of rotatable bonds is 9. The van der Waals surface area contributed by atoms with Crippen molar-refractivity contribution in [1.29, 1.82) is 0 Å². The van der Waals surface area contributed by atoms with E-state index in [1.807, 2.05) is 49.4 Å². The highest BCUT2D eigenvalue weighted by molar-refractivity contribution is 6.47. The molecule has 2 aromatic rings. The molecule has 158 valence electrons. The van der Waals surface area contributed by atoms with Gasteiger partial charge in [0.2, 0.25) is 0 Å². The standard InChI is InChI=1S/C22H26N4O4/c1-15-10-12-17(13-11-15)20(25-28-4)16(2)24-30-14-18-8-6-7-9-19(18)21(26-29-5)22(27)23-3/h6-13H,14H2,1-5H3,(H,23,27)/b24-16+,25-20-,26-21+. The van der Waals surface area contributed by atoms with E-state index >= 15 is 0 Å². The fourth-order valence-corrected chi connectivity index (χ4v) is 2.67. The molecule has 2 aromatic carbocycles. The first-order chi connectivity index (χ1) is 14.5. The minimum absolute atomic E-state index is 0.126. The number of carbonyl (C=O) groups is 1. The number of carbonyl (C=O) groups excluding carboxylic acids is 1. The van der Waals surface area contributed by atoms with Crippen molar-refractivity contribution in [2.75, 3.05) is 21.3 Å². The first-order valence-corrected chi connectivity index (χ1v) is 9.28. The second kappa shape index (κ2) is 11.4. The highest BCUT2D eigenvalue weighted by atomic mass is 16.6. The van der Waals surface area contributed by atoms with E-state index in [1.54, 1.807) is 13.0 Å². The molecule has 0 spiro atoms. The van der Waals surface area contributed by atoms with Gasteiger partial charge in [-0.2, -0.15) is 0 Å². The summed E-state index contributed by atoms with van der Waals surface area (Å²) in [7, 11) is 4.40.